The van der Waals surface area contributed by atoms with Crippen molar-refractivity contribution in [3.63, 3.8) is 0 Å². The molecule has 0 heterocycles. The first-order valence-corrected chi connectivity index (χ1v) is 14.7. The molecule has 2 unspecified atom stereocenters. The van der Waals surface area contributed by atoms with Crippen LogP contribution in [0, 0.1) is 26.7 Å². The van der Waals surface area contributed by atoms with Gasteiger partial charge < -0.3 is 20.3 Å². The van der Waals surface area contributed by atoms with Crippen LogP contribution in [0.5, 0.6) is 0 Å². The van der Waals surface area contributed by atoms with Crippen LogP contribution in [0.3, 0.4) is 0 Å². The highest BCUT2D eigenvalue weighted by molar-refractivity contribution is 6.34. The molecule has 0 aliphatic carbocycles. The van der Waals surface area contributed by atoms with Crippen LogP contribution in [0.2, 0.25) is 5.02 Å². The van der Waals surface area contributed by atoms with Gasteiger partial charge >= 0.3 is 6.09 Å². The Bertz CT molecular complexity index is 1210. The largest absolute Gasteiger partial charge is 0.444 e. The minimum Gasteiger partial charge on any atom is -0.444 e. The molecule has 2 aromatic carbocycles. The van der Waals surface area contributed by atoms with Crippen molar-refractivity contribution in [2.75, 3.05) is 5.32 Å². The summed E-state index contributed by atoms with van der Waals surface area (Å²) >= 11 is 6.51. The lowest BCUT2D eigenvalue weighted by atomic mass is 9.87. The molecule has 0 aromatic heterocycles. The van der Waals surface area contributed by atoms with E-state index >= 15 is 0 Å². The van der Waals surface area contributed by atoms with E-state index in [0.29, 0.717) is 23.6 Å². The van der Waals surface area contributed by atoms with E-state index in [1.807, 2.05) is 85.7 Å². The average Bonchev–Trinajstić information content (AvgIpc) is 2.83. The number of benzene rings is 2. The number of rotatable bonds is 10. The second-order valence-corrected chi connectivity index (χ2v) is 13.2. The summed E-state index contributed by atoms with van der Waals surface area (Å²) in [5, 5.41) is 6.27. The molecule has 41 heavy (non-hydrogen) atoms. The Morgan fingerprint density at radius 2 is 1.46 bits per heavy atom. The maximum absolute atomic E-state index is 14.7. The molecule has 0 fully saturated rings. The maximum Gasteiger partial charge on any atom is 0.408 e. The molecule has 0 bridgehead atoms. The first-order valence-electron chi connectivity index (χ1n) is 14.3. The molecule has 2 N–H and O–H groups in total. The molecule has 2 atom stereocenters. The number of carbonyl (C=O) groups excluding carboxylic acids is 3. The van der Waals surface area contributed by atoms with E-state index in [1.54, 1.807) is 31.7 Å². The number of nitrogens with zero attached hydrogens (tertiary/aromatic N) is 1. The summed E-state index contributed by atoms with van der Waals surface area (Å²) in [5.41, 5.74) is 2.33. The molecule has 2 rings (SSSR count). The minimum absolute atomic E-state index is 0.0868. The van der Waals surface area contributed by atoms with Gasteiger partial charge in [0.15, 0.2) is 0 Å². The average molecular weight is 586 g/mol. The Kier molecular flexibility index (Phi) is 11.4. The van der Waals surface area contributed by atoms with Crippen molar-refractivity contribution >= 4 is 35.2 Å². The molecule has 0 aliphatic rings. The third-order valence-electron chi connectivity index (χ3n) is 7.24. The fraction of sp³-hybridized carbons (Fsp3) is 0.545. The minimum atomic E-state index is -0.996. The molecule has 3 amide bonds. The SMILES string of the molecule is CCC(C)(C)N(C(=O)C(CC(C)C)NC(=O)OC(C)(C)C)C(C(=O)Nc1c(C)cccc1Cl)c1c(C)cccc1C. The van der Waals surface area contributed by atoms with Gasteiger partial charge in [-0.2, -0.15) is 0 Å². The van der Waals surface area contributed by atoms with Crippen molar-refractivity contribution in [3.8, 4) is 0 Å². The van der Waals surface area contributed by atoms with E-state index in [2.05, 4.69) is 10.6 Å². The van der Waals surface area contributed by atoms with E-state index in [4.69, 9.17) is 16.3 Å². The van der Waals surface area contributed by atoms with Gasteiger partial charge in [-0.1, -0.05) is 62.7 Å². The smallest absolute Gasteiger partial charge is 0.408 e. The van der Waals surface area contributed by atoms with Gasteiger partial charge in [0.1, 0.15) is 17.7 Å². The lowest BCUT2D eigenvalue weighted by molar-refractivity contribution is -0.148. The summed E-state index contributed by atoms with van der Waals surface area (Å²) in [5.74, 6) is -0.646. The predicted molar refractivity (Wildman–Crippen MR) is 167 cm³/mol. The van der Waals surface area contributed by atoms with Gasteiger partial charge in [-0.15, -0.1) is 0 Å². The zero-order valence-corrected chi connectivity index (χ0v) is 27.3. The summed E-state index contributed by atoms with van der Waals surface area (Å²) in [6, 6.07) is 9.33. The number of carbonyl (C=O) groups is 3. The van der Waals surface area contributed by atoms with Crippen molar-refractivity contribution in [1.29, 1.82) is 0 Å². The van der Waals surface area contributed by atoms with Gasteiger partial charge in [0.2, 0.25) is 5.91 Å². The third-order valence-corrected chi connectivity index (χ3v) is 7.56. The van der Waals surface area contributed by atoms with Crippen LogP contribution >= 0.6 is 11.6 Å². The second kappa shape index (κ2) is 13.7. The lowest BCUT2D eigenvalue weighted by Crippen LogP contribution is -2.59. The van der Waals surface area contributed by atoms with Crippen molar-refractivity contribution in [1.82, 2.24) is 10.2 Å². The van der Waals surface area contributed by atoms with Crippen LogP contribution in [0.15, 0.2) is 36.4 Å². The summed E-state index contributed by atoms with van der Waals surface area (Å²) in [6.07, 6.45) is 0.268. The van der Waals surface area contributed by atoms with E-state index in [-0.39, 0.29) is 17.7 Å². The fourth-order valence-electron chi connectivity index (χ4n) is 4.87. The lowest BCUT2D eigenvalue weighted by Gasteiger charge is -2.45. The molecule has 2 aromatic rings. The number of ether oxygens (including phenoxy) is 1. The molecule has 7 nitrogen and oxygen atoms in total. The Hall–Kier alpha value is -3.06. The molecular weight excluding hydrogens is 538 g/mol. The topological polar surface area (TPSA) is 87.7 Å². The molecule has 8 heteroatoms. The summed E-state index contributed by atoms with van der Waals surface area (Å²) in [4.78, 5) is 43.6. The number of aryl methyl sites for hydroxylation is 3. The molecule has 0 aliphatic heterocycles. The van der Waals surface area contributed by atoms with E-state index < -0.39 is 29.3 Å². The van der Waals surface area contributed by atoms with Crippen LogP contribution in [0.1, 0.15) is 96.5 Å². The van der Waals surface area contributed by atoms with Gasteiger partial charge in [-0.25, -0.2) is 4.79 Å². The molecule has 0 radical (unpaired) electrons. The van der Waals surface area contributed by atoms with Crippen molar-refractivity contribution in [2.45, 2.75) is 112 Å². The molecular formula is C33H48ClN3O4. The van der Waals surface area contributed by atoms with Gasteiger partial charge in [-0.05, 0) is 102 Å². The standard InChI is InChI=1S/C33H48ClN3O4/c1-12-33(10,11)37(30(39)25(19-20(2)3)35-31(40)41-32(7,8)9)28(26-21(4)15-13-16-22(26)5)29(38)36-27-23(6)17-14-18-24(27)34/h13-18,20,25,28H,12,19H2,1-11H3,(H,35,40)(H,36,38). The first-order chi connectivity index (χ1) is 18.9. The molecule has 0 saturated carbocycles. The maximum atomic E-state index is 14.7. The van der Waals surface area contributed by atoms with Crippen molar-refractivity contribution < 1.29 is 19.1 Å². The van der Waals surface area contributed by atoms with Crippen molar-refractivity contribution in [2.24, 2.45) is 5.92 Å². The van der Waals surface area contributed by atoms with Crippen LogP contribution < -0.4 is 10.6 Å². The van der Waals surface area contributed by atoms with Crippen LogP contribution in [0.4, 0.5) is 10.5 Å². The molecule has 0 saturated heterocycles. The number of anilines is 1. The fourth-order valence-corrected chi connectivity index (χ4v) is 5.14. The second-order valence-electron chi connectivity index (χ2n) is 12.8. The first kappa shape index (κ1) is 34.1. The number of nitrogens with one attached hydrogen (secondary N) is 2. The predicted octanol–water partition coefficient (Wildman–Crippen LogP) is 7.90. The summed E-state index contributed by atoms with van der Waals surface area (Å²) in [6.45, 7) is 20.9. The highest BCUT2D eigenvalue weighted by Gasteiger charge is 2.44. The molecule has 226 valence electrons. The Morgan fingerprint density at radius 3 is 1.95 bits per heavy atom. The van der Waals surface area contributed by atoms with Gasteiger partial charge in [-0.3, -0.25) is 9.59 Å². The van der Waals surface area contributed by atoms with Gasteiger partial charge in [0.05, 0.1) is 10.7 Å². The van der Waals surface area contributed by atoms with Gasteiger partial charge in [0, 0.05) is 5.54 Å². The normalized spacial score (nSPS) is 13.4. The Morgan fingerprint density at radius 1 is 0.927 bits per heavy atom. The highest BCUT2D eigenvalue weighted by Crippen LogP contribution is 2.37. The van der Waals surface area contributed by atoms with Crippen LogP contribution in [0.25, 0.3) is 0 Å². The third kappa shape index (κ3) is 8.96. The number of hydrogen-bond donors (Lipinski definition) is 2. The van der Waals surface area contributed by atoms with Gasteiger partial charge in [0.25, 0.3) is 5.91 Å². The number of hydrogen-bond acceptors (Lipinski definition) is 4. The van der Waals surface area contributed by atoms with Crippen LogP contribution in [-0.4, -0.2) is 40.0 Å². The Labute approximate surface area is 251 Å². The summed E-state index contributed by atoms with van der Waals surface area (Å²) in [7, 11) is 0. The van der Waals surface area contributed by atoms with E-state index in [9.17, 15) is 14.4 Å². The quantitative estimate of drug-likeness (QED) is 0.296. The number of alkyl carbamates (subject to hydrolysis) is 1. The number of para-hydroxylation sites is 1. The Balaban J connectivity index is 2.76. The zero-order chi connectivity index (χ0) is 31.3. The molecule has 0 spiro atoms. The number of halogens is 1. The van der Waals surface area contributed by atoms with E-state index in [1.165, 1.54) is 0 Å². The summed E-state index contributed by atoms with van der Waals surface area (Å²) < 4.78 is 5.51. The van der Waals surface area contributed by atoms with Crippen molar-refractivity contribution in [3.05, 3.63) is 63.7 Å². The van der Waals surface area contributed by atoms with E-state index in [0.717, 1.165) is 22.3 Å². The highest BCUT2D eigenvalue weighted by atomic mass is 35.5. The monoisotopic (exact) mass is 585 g/mol. The number of amides is 3. The van der Waals surface area contributed by atoms with Crippen LogP contribution in [-0.2, 0) is 14.3 Å². The zero-order valence-electron chi connectivity index (χ0n) is 26.6.